The van der Waals surface area contributed by atoms with Gasteiger partial charge in [-0.05, 0) is 36.2 Å². The molecule has 0 aliphatic heterocycles. The summed E-state index contributed by atoms with van der Waals surface area (Å²) in [5.74, 6) is 0.643. The molecular formula is C17H22N2O. The lowest BCUT2D eigenvalue weighted by Gasteiger charge is -2.17. The molecular weight excluding hydrogens is 248 g/mol. The van der Waals surface area contributed by atoms with Gasteiger partial charge < -0.3 is 10.1 Å². The minimum absolute atomic E-state index is 0.408. The quantitative estimate of drug-likeness (QED) is 0.866. The zero-order valence-electron chi connectivity index (χ0n) is 12.4. The highest BCUT2D eigenvalue weighted by Gasteiger charge is 2.08. The van der Waals surface area contributed by atoms with E-state index >= 15 is 0 Å². The van der Waals surface area contributed by atoms with Crippen molar-refractivity contribution in [3.63, 3.8) is 0 Å². The Kier molecular flexibility index (Phi) is 5.13. The number of methoxy groups -OCH3 is 1. The van der Waals surface area contributed by atoms with Crippen molar-refractivity contribution in [1.29, 1.82) is 0 Å². The molecule has 1 N–H and O–H groups in total. The smallest absolute Gasteiger partial charge is 0.212 e. The van der Waals surface area contributed by atoms with Gasteiger partial charge in [-0.15, -0.1) is 0 Å². The summed E-state index contributed by atoms with van der Waals surface area (Å²) in [5, 5.41) is 3.51. The standard InChI is InChI=1S/C17H22N2O/c1-4-16(18-5-2)14-8-6-7-13(11-14)15-9-10-17(20-3)19-12-15/h6-12,16,18H,4-5H2,1-3H3. The van der Waals surface area contributed by atoms with Crippen LogP contribution in [0.3, 0.4) is 0 Å². The zero-order valence-corrected chi connectivity index (χ0v) is 12.4. The fourth-order valence-corrected chi connectivity index (χ4v) is 2.35. The molecule has 2 aromatic rings. The van der Waals surface area contributed by atoms with E-state index in [1.54, 1.807) is 7.11 Å². The Balaban J connectivity index is 2.28. The molecule has 0 spiro atoms. The monoisotopic (exact) mass is 270 g/mol. The van der Waals surface area contributed by atoms with Gasteiger partial charge in [-0.25, -0.2) is 4.98 Å². The molecule has 20 heavy (non-hydrogen) atoms. The van der Waals surface area contributed by atoms with E-state index in [9.17, 15) is 0 Å². The Bertz CT molecular complexity index is 537. The maximum Gasteiger partial charge on any atom is 0.212 e. The summed E-state index contributed by atoms with van der Waals surface area (Å²) in [6, 6.07) is 13.0. The normalized spacial score (nSPS) is 12.2. The fourth-order valence-electron chi connectivity index (χ4n) is 2.35. The highest BCUT2D eigenvalue weighted by atomic mass is 16.5. The average Bonchev–Trinajstić information content (AvgIpc) is 2.53. The Labute approximate surface area is 121 Å². The molecule has 0 aliphatic rings. The van der Waals surface area contributed by atoms with Crippen molar-refractivity contribution in [3.8, 4) is 17.0 Å². The highest BCUT2D eigenvalue weighted by molar-refractivity contribution is 5.63. The van der Waals surface area contributed by atoms with Crippen LogP contribution in [0, 0.1) is 0 Å². The number of aromatic nitrogens is 1. The van der Waals surface area contributed by atoms with Crippen LogP contribution in [0.25, 0.3) is 11.1 Å². The molecule has 1 aromatic heterocycles. The van der Waals surface area contributed by atoms with Gasteiger partial charge in [-0.3, -0.25) is 0 Å². The Morgan fingerprint density at radius 2 is 2.00 bits per heavy atom. The van der Waals surface area contributed by atoms with Gasteiger partial charge in [0.2, 0.25) is 5.88 Å². The number of hydrogen-bond donors (Lipinski definition) is 1. The van der Waals surface area contributed by atoms with Crippen LogP contribution in [0.5, 0.6) is 5.88 Å². The van der Waals surface area contributed by atoms with E-state index in [-0.39, 0.29) is 0 Å². The van der Waals surface area contributed by atoms with Crippen LogP contribution in [0.15, 0.2) is 42.6 Å². The maximum atomic E-state index is 5.10. The van der Waals surface area contributed by atoms with E-state index in [4.69, 9.17) is 4.74 Å². The van der Waals surface area contributed by atoms with Crippen LogP contribution in [-0.4, -0.2) is 18.6 Å². The number of hydrogen-bond acceptors (Lipinski definition) is 3. The summed E-state index contributed by atoms with van der Waals surface area (Å²) in [6.45, 7) is 5.32. The Morgan fingerprint density at radius 1 is 1.15 bits per heavy atom. The first-order chi connectivity index (χ1) is 9.78. The third-order valence-corrected chi connectivity index (χ3v) is 3.43. The summed E-state index contributed by atoms with van der Waals surface area (Å²) in [4.78, 5) is 4.27. The molecule has 0 aliphatic carbocycles. The van der Waals surface area contributed by atoms with E-state index in [0.29, 0.717) is 11.9 Å². The Morgan fingerprint density at radius 3 is 2.60 bits per heavy atom. The van der Waals surface area contributed by atoms with Crippen molar-refractivity contribution >= 4 is 0 Å². The van der Waals surface area contributed by atoms with Gasteiger partial charge in [-0.1, -0.05) is 32.0 Å². The van der Waals surface area contributed by atoms with Gasteiger partial charge in [0, 0.05) is 23.9 Å². The molecule has 3 nitrogen and oxygen atoms in total. The van der Waals surface area contributed by atoms with Crippen molar-refractivity contribution in [2.75, 3.05) is 13.7 Å². The van der Waals surface area contributed by atoms with E-state index in [1.165, 1.54) is 11.1 Å². The second kappa shape index (κ2) is 7.06. The second-order valence-corrected chi connectivity index (χ2v) is 4.73. The first-order valence-corrected chi connectivity index (χ1v) is 7.12. The summed E-state index contributed by atoms with van der Waals surface area (Å²) in [6.07, 6.45) is 2.93. The average molecular weight is 270 g/mol. The molecule has 1 unspecified atom stereocenters. The van der Waals surface area contributed by atoms with E-state index < -0.39 is 0 Å². The number of benzene rings is 1. The SMILES string of the molecule is CCNC(CC)c1cccc(-c2ccc(OC)nc2)c1. The number of nitrogens with zero attached hydrogens (tertiary/aromatic N) is 1. The summed E-state index contributed by atoms with van der Waals surface area (Å²) in [7, 11) is 1.63. The van der Waals surface area contributed by atoms with Gasteiger partial charge in [0.15, 0.2) is 0 Å². The molecule has 1 heterocycles. The summed E-state index contributed by atoms with van der Waals surface area (Å²) in [5.41, 5.74) is 3.62. The summed E-state index contributed by atoms with van der Waals surface area (Å²) >= 11 is 0. The lowest BCUT2D eigenvalue weighted by molar-refractivity contribution is 0.398. The molecule has 1 atom stereocenters. The van der Waals surface area contributed by atoms with Gasteiger partial charge in [0.1, 0.15) is 0 Å². The third-order valence-electron chi connectivity index (χ3n) is 3.43. The lowest BCUT2D eigenvalue weighted by atomic mass is 9.99. The molecule has 1 aromatic carbocycles. The van der Waals surface area contributed by atoms with Crippen molar-refractivity contribution in [2.45, 2.75) is 26.3 Å². The number of pyridine rings is 1. The minimum atomic E-state index is 0.408. The largest absolute Gasteiger partial charge is 0.481 e. The van der Waals surface area contributed by atoms with E-state index in [2.05, 4.69) is 48.4 Å². The highest BCUT2D eigenvalue weighted by Crippen LogP contribution is 2.25. The van der Waals surface area contributed by atoms with E-state index in [1.807, 2.05) is 18.3 Å². The number of rotatable bonds is 6. The topological polar surface area (TPSA) is 34.1 Å². The third kappa shape index (κ3) is 3.36. The molecule has 2 rings (SSSR count). The lowest BCUT2D eigenvalue weighted by Crippen LogP contribution is -2.19. The van der Waals surface area contributed by atoms with Crippen molar-refractivity contribution in [3.05, 3.63) is 48.2 Å². The van der Waals surface area contributed by atoms with Gasteiger partial charge >= 0.3 is 0 Å². The van der Waals surface area contributed by atoms with Crippen LogP contribution in [0.4, 0.5) is 0 Å². The zero-order chi connectivity index (χ0) is 14.4. The molecule has 3 heteroatoms. The predicted octanol–water partition coefficient (Wildman–Crippen LogP) is 3.82. The maximum absolute atomic E-state index is 5.10. The van der Waals surface area contributed by atoms with Crippen LogP contribution in [-0.2, 0) is 0 Å². The van der Waals surface area contributed by atoms with Crippen molar-refractivity contribution in [1.82, 2.24) is 10.3 Å². The molecule has 0 saturated carbocycles. The van der Waals surface area contributed by atoms with Crippen molar-refractivity contribution in [2.24, 2.45) is 0 Å². The van der Waals surface area contributed by atoms with Gasteiger partial charge in [0.25, 0.3) is 0 Å². The molecule has 0 radical (unpaired) electrons. The molecule has 0 amide bonds. The predicted molar refractivity (Wildman–Crippen MR) is 82.9 cm³/mol. The Hall–Kier alpha value is -1.87. The first-order valence-electron chi connectivity index (χ1n) is 7.12. The number of nitrogens with one attached hydrogen (secondary N) is 1. The molecule has 0 bridgehead atoms. The second-order valence-electron chi connectivity index (χ2n) is 4.73. The van der Waals surface area contributed by atoms with Crippen LogP contribution < -0.4 is 10.1 Å². The van der Waals surface area contributed by atoms with Gasteiger partial charge in [-0.2, -0.15) is 0 Å². The summed E-state index contributed by atoms with van der Waals surface area (Å²) < 4.78 is 5.10. The van der Waals surface area contributed by atoms with E-state index in [0.717, 1.165) is 18.5 Å². The number of ether oxygens (including phenoxy) is 1. The van der Waals surface area contributed by atoms with Crippen LogP contribution >= 0.6 is 0 Å². The first kappa shape index (κ1) is 14.5. The van der Waals surface area contributed by atoms with Gasteiger partial charge in [0.05, 0.1) is 7.11 Å². The van der Waals surface area contributed by atoms with Crippen LogP contribution in [0.2, 0.25) is 0 Å². The molecule has 0 fully saturated rings. The van der Waals surface area contributed by atoms with Crippen molar-refractivity contribution < 1.29 is 4.74 Å². The molecule has 0 saturated heterocycles. The minimum Gasteiger partial charge on any atom is -0.481 e. The fraction of sp³-hybridized carbons (Fsp3) is 0.353. The van der Waals surface area contributed by atoms with Crippen LogP contribution in [0.1, 0.15) is 31.9 Å². The molecule has 106 valence electrons.